The van der Waals surface area contributed by atoms with Crippen LogP contribution >= 0.6 is 22.9 Å². The van der Waals surface area contributed by atoms with Gasteiger partial charge in [0.05, 0.1) is 28.8 Å². The Kier molecular flexibility index (Phi) is 3.04. The molecular formula is C7H9IN2O. The number of carbonyl (C=O) groups excluding carboxylic acids is 1. The lowest BCUT2D eigenvalue weighted by atomic mass is 9.98. The van der Waals surface area contributed by atoms with Crippen molar-refractivity contribution in [1.82, 2.24) is 3.53 Å². The molecule has 60 valence electrons. The van der Waals surface area contributed by atoms with Crippen molar-refractivity contribution in [3.8, 4) is 0 Å². The van der Waals surface area contributed by atoms with Gasteiger partial charge in [-0.15, -0.1) is 0 Å². The van der Waals surface area contributed by atoms with Crippen LogP contribution in [0.15, 0.2) is 17.3 Å². The zero-order chi connectivity index (χ0) is 8.27. The topological polar surface area (TPSA) is 41.5 Å². The van der Waals surface area contributed by atoms with Crippen LogP contribution in [0.25, 0.3) is 0 Å². The third-order valence-electron chi connectivity index (χ3n) is 1.67. The van der Waals surface area contributed by atoms with Crippen LogP contribution in [0.3, 0.4) is 0 Å². The first-order valence-electron chi connectivity index (χ1n) is 3.35. The average molecular weight is 264 g/mol. The molecule has 0 saturated heterocycles. The molecule has 1 aliphatic rings. The Balaban J connectivity index is 2.68. The molecule has 1 aliphatic heterocycles. The van der Waals surface area contributed by atoms with Crippen LogP contribution < -0.4 is 3.53 Å². The van der Waals surface area contributed by atoms with E-state index in [0.29, 0.717) is 0 Å². The fraction of sp³-hybridized carbons (Fsp3) is 0.429. The quantitative estimate of drug-likeness (QED) is 0.565. The SMILES string of the molecule is CC1=NC=CCC1C(=O)NI. The first kappa shape index (κ1) is 8.70. The minimum absolute atomic E-state index is 0.0381. The van der Waals surface area contributed by atoms with E-state index in [9.17, 15) is 4.79 Å². The van der Waals surface area contributed by atoms with Gasteiger partial charge in [0.25, 0.3) is 0 Å². The van der Waals surface area contributed by atoms with E-state index in [2.05, 4.69) is 8.52 Å². The number of allylic oxidation sites excluding steroid dienone is 1. The first-order valence-corrected chi connectivity index (χ1v) is 4.43. The predicted octanol–water partition coefficient (Wildman–Crippen LogP) is 1.45. The number of nitrogens with zero attached hydrogens (tertiary/aromatic N) is 1. The molecule has 1 N–H and O–H groups in total. The van der Waals surface area contributed by atoms with Gasteiger partial charge in [-0.2, -0.15) is 0 Å². The molecule has 0 aliphatic carbocycles. The van der Waals surface area contributed by atoms with Gasteiger partial charge < -0.3 is 0 Å². The zero-order valence-corrected chi connectivity index (χ0v) is 8.33. The second-order valence-electron chi connectivity index (χ2n) is 2.40. The maximum Gasteiger partial charge on any atom is 0.237 e. The standard InChI is InChI=1S/C7H9IN2O/c1-5-6(7(11)10-8)3-2-4-9-5/h2,4,6H,3H2,1H3,(H,10,11). The largest absolute Gasteiger partial charge is 0.298 e. The number of hydrogen-bond donors (Lipinski definition) is 1. The average Bonchev–Trinajstić information content (AvgIpc) is 2.04. The smallest absolute Gasteiger partial charge is 0.237 e. The monoisotopic (exact) mass is 264 g/mol. The highest BCUT2D eigenvalue weighted by Crippen LogP contribution is 2.12. The summed E-state index contributed by atoms with van der Waals surface area (Å²) in [7, 11) is 0. The minimum atomic E-state index is -0.0584. The Morgan fingerprint density at radius 3 is 3.18 bits per heavy atom. The lowest BCUT2D eigenvalue weighted by Crippen LogP contribution is -2.29. The maximum absolute atomic E-state index is 11.1. The van der Waals surface area contributed by atoms with Gasteiger partial charge in [-0.3, -0.25) is 13.3 Å². The molecule has 11 heavy (non-hydrogen) atoms. The van der Waals surface area contributed by atoms with Gasteiger partial charge >= 0.3 is 0 Å². The number of rotatable bonds is 1. The van der Waals surface area contributed by atoms with E-state index >= 15 is 0 Å². The van der Waals surface area contributed by atoms with Crippen molar-refractivity contribution >= 4 is 34.5 Å². The molecule has 0 radical (unpaired) electrons. The summed E-state index contributed by atoms with van der Waals surface area (Å²) in [5, 5.41) is 0. The molecule has 4 heteroatoms. The normalized spacial score (nSPS) is 22.7. The van der Waals surface area contributed by atoms with Crippen molar-refractivity contribution in [2.45, 2.75) is 13.3 Å². The molecule has 0 spiro atoms. The number of halogens is 1. The third kappa shape index (κ3) is 2.02. The summed E-state index contributed by atoms with van der Waals surface area (Å²) in [6.07, 6.45) is 4.42. The molecule has 1 amide bonds. The van der Waals surface area contributed by atoms with Crippen molar-refractivity contribution in [2.24, 2.45) is 10.9 Å². The van der Waals surface area contributed by atoms with Crippen molar-refractivity contribution in [2.75, 3.05) is 0 Å². The van der Waals surface area contributed by atoms with Gasteiger partial charge in [-0.05, 0) is 13.3 Å². The lowest BCUT2D eigenvalue weighted by Gasteiger charge is -2.14. The van der Waals surface area contributed by atoms with Gasteiger partial charge in [0.1, 0.15) is 0 Å². The second-order valence-corrected chi connectivity index (χ2v) is 2.94. The summed E-state index contributed by atoms with van der Waals surface area (Å²) < 4.78 is 2.58. The first-order chi connectivity index (χ1) is 5.25. The van der Waals surface area contributed by atoms with Crippen molar-refractivity contribution in [1.29, 1.82) is 0 Å². The van der Waals surface area contributed by atoms with E-state index in [1.807, 2.05) is 35.9 Å². The van der Waals surface area contributed by atoms with Gasteiger partial charge in [0, 0.05) is 11.9 Å². The molecule has 1 rings (SSSR count). The van der Waals surface area contributed by atoms with Crippen LogP contribution in [-0.4, -0.2) is 11.6 Å². The van der Waals surface area contributed by atoms with E-state index < -0.39 is 0 Å². The summed E-state index contributed by atoms with van der Waals surface area (Å²) >= 11 is 1.85. The Hall–Kier alpha value is -0.390. The summed E-state index contributed by atoms with van der Waals surface area (Å²) in [6.45, 7) is 1.88. The van der Waals surface area contributed by atoms with Crippen molar-refractivity contribution < 1.29 is 4.79 Å². The molecule has 0 aromatic rings. The van der Waals surface area contributed by atoms with Gasteiger partial charge in [0.15, 0.2) is 0 Å². The number of hydrogen-bond acceptors (Lipinski definition) is 2. The van der Waals surface area contributed by atoms with Crippen LogP contribution in [0.4, 0.5) is 0 Å². The Bertz CT molecular complexity index is 222. The number of nitrogens with one attached hydrogen (secondary N) is 1. The van der Waals surface area contributed by atoms with E-state index in [4.69, 9.17) is 0 Å². The van der Waals surface area contributed by atoms with Crippen LogP contribution in [0.1, 0.15) is 13.3 Å². The van der Waals surface area contributed by atoms with E-state index in [1.54, 1.807) is 6.20 Å². The molecule has 0 bridgehead atoms. The lowest BCUT2D eigenvalue weighted by molar-refractivity contribution is -0.120. The molecule has 1 atom stereocenters. The molecular weight excluding hydrogens is 255 g/mol. The fourth-order valence-electron chi connectivity index (χ4n) is 0.990. The van der Waals surface area contributed by atoms with Gasteiger partial charge in [-0.1, -0.05) is 6.08 Å². The summed E-state index contributed by atoms with van der Waals surface area (Å²) in [6, 6.07) is 0. The highest BCUT2D eigenvalue weighted by atomic mass is 127. The molecule has 0 saturated carbocycles. The Morgan fingerprint density at radius 1 is 1.91 bits per heavy atom. The van der Waals surface area contributed by atoms with Crippen LogP contribution in [0, 0.1) is 5.92 Å². The fourth-order valence-corrected chi connectivity index (χ4v) is 1.37. The molecule has 3 nitrogen and oxygen atoms in total. The number of carbonyl (C=O) groups is 1. The van der Waals surface area contributed by atoms with Crippen molar-refractivity contribution in [3.05, 3.63) is 12.3 Å². The highest BCUT2D eigenvalue weighted by Gasteiger charge is 2.20. The molecule has 0 aromatic carbocycles. The van der Waals surface area contributed by atoms with Gasteiger partial charge in [-0.25, -0.2) is 0 Å². The maximum atomic E-state index is 11.1. The zero-order valence-electron chi connectivity index (χ0n) is 6.17. The van der Waals surface area contributed by atoms with Crippen LogP contribution in [0.2, 0.25) is 0 Å². The number of aliphatic imine (C=N–C) groups is 1. The molecule has 0 aromatic heterocycles. The summed E-state index contributed by atoms with van der Waals surface area (Å²) in [5.41, 5.74) is 0.890. The minimum Gasteiger partial charge on any atom is -0.298 e. The predicted molar refractivity (Wildman–Crippen MR) is 52.5 cm³/mol. The second kappa shape index (κ2) is 3.85. The van der Waals surface area contributed by atoms with Crippen LogP contribution in [-0.2, 0) is 4.79 Å². The van der Waals surface area contributed by atoms with Gasteiger partial charge in [0.2, 0.25) is 5.91 Å². The Labute approximate surface area is 79.5 Å². The molecule has 1 unspecified atom stereocenters. The molecule has 1 heterocycles. The van der Waals surface area contributed by atoms with Crippen LogP contribution in [0.5, 0.6) is 0 Å². The van der Waals surface area contributed by atoms with E-state index in [0.717, 1.165) is 12.1 Å². The van der Waals surface area contributed by atoms with Crippen molar-refractivity contribution in [3.63, 3.8) is 0 Å². The number of amides is 1. The summed E-state index contributed by atoms with van der Waals surface area (Å²) in [4.78, 5) is 15.2. The van der Waals surface area contributed by atoms with E-state index in [1.165, 1.54) is 0 Å². The third-order valence-corrected chi connectivity index (χ3v) is 2.20. The Morgan fingerprint density at radius 2 is 2.64 bits per heavy atom. The molecule has 0 fully saturated rings. The summed E-state index contributed by atoms with van der Waals surface area (Å²) in [5.74, 6) is -0.0203. The van der Waals surface area contributed by atoms with E-state index in [-0.39, 0.29) is 11.8 Å². The highest BCUT2D eigenvalue weighted by molar-refractivity contribution is 14.1.